The Hall–Kier alpha value is -2.27. The quantitative estimate of drug-likeness (QED) is 0.778. The number of amides is 2. The van der Waals surface area contributed by atoms with Crippen LogP contribution in [-0.2, 0) is 9.59 Å². The van der Waals surface area contributed by atoms with Gasteiger partial charge in [0.05, 0.1) is 17.1 Å². The third-order valence-corrected chi connectivity index (χ3v) is 6.56. The first kappa shape index (κ1) is 19.5. The van der Waals surface area contributed by atoms with Gasteiger partial charge in [-0.25, -0.2) is 0 Å². The van der Waals surface area contributed by atoms with Crippen molar-refractivity contribution in [1.29, 1.82) is 0 Å². The molecule has 3 rings (SSSR count). The lowest BCUT2D eigenvalue weighted by Crippen LogP contribution is -2.40. The van der Waals surface area contributed by atoms with Gasteiger partial charge >= 0.3 is 0 Å². The second-order valence-electron chi connectivity index (χ2n) is 7.26. The van der Waals surface area contributed by atoms with Crippen LogP contribution >= 0.6 is 11.8 Å². The molecule has 27 heavy (non-hydrogen) atoms. The lowest BCUT2D eigenvalue weighted by molar-refractivity contribution is -0.117. The number of anilines is 2. The van der Waals surface area contributed by atoms with Crippen LogP contribution in [0.15, 0.2) is 35.2 Å². The summed E-state index contributed by atoms with van der Waals surface area (Å²) < 4.78 is 0. The van der Waals surface area contributed by atoms with Gasteiger partial charge in [0.25, 0.3) is 0 Å². The minimum atomic E-state index is -0.178. The van der Waals surface area contributed by atoms with Gasteiger partial charge in [-0.15, -0.1) is 11.8 Å². The summed E-state index contributed by atoms with van der Waals surface area (Å²) in [5.74, 6) is 0.311. The normalized spacial score (nSPS) is 16.6. The minimum absolute atomic E-state index is 0.0226. The molecule has 0 fully saturated rings. The van der Waals surface area contributed by atoms with Crippen LogP contribution in [0.4, 0.5) is 11.4 Å². The van der Waals surface area contributed by atoms with Crippen molar-refractivity contribution in [3.05, 3.63) is 52.6 Å². The Kier molecular flexibility index (Phi) is 5.61. The molecule has 0 saturated heterocycles. The third kappa shape index (κ3) is 3.88. The molecule has 142 valence electrons. The van der Waals surface area contributed by atoms with Crippen LogP contribution in [0.3, 0.4) is 0 Å². The number of hydrogen-bond donors (Lipinski definition) is 1. The standard InChI is InChI=1S/C22H26N2O2S/c1-13-10-14(2)17(5)22(16(13)4)27-12-21(26)24-15(3)11-20(25)23-18-8-6-7-9-19(18)24/h6-10,15H,11-12H2,1-5H3,(H,23,25)/t15-/m1/s1. The van der Waals surface area contributed by atoms with Crippen molar-refractivity contribution >= 4 is 35.0 Å². The number of para-hydroxylation sites is 2. The third-order valence-electron chi connectivity index (χ3n) is 5.27. The molecule has 0 aromatic heterocycles. The molecule has 0 aliphatic carbocycles. The van der Waals surface area contributed by atoms with Gasteiger partial charge < -0.3 is 10.2 Å². The molecule has 4 nitrogen and oxygen atoms in total. The smallest absolute Gasteiger partial charge is 0.237 e. The van der Waals surface area contributed by atoms with E-state index in [0.29, 0.717) is 17.9 Å². The molecule has 0 unspecified atom stereocenters. The summed E-state index contributed by atoms with van der Waals surface area (Å²) in [5, 5.41) is 2.90. The van der Waals surface area contributed by atoms with Crippen molar-refractivity contribution in [3.63, 3.8) is 0 Å². The molecule has 1 aliphatic heterocycles. The number of nitrogens with one attached hydrogen (secondary N) is 1. The highest BCUT2D eigenvalue weighted by molar-refractivity contribution is 8.00. The van der Waals surface area contributed by atoms with Crippen molar-refractivity contribution in [2.45, 2.75) is 52.0 Å². The van der Waals surface area contributed by atoms with Gasteiger partial charge in [0.1, 0.15) is 0 Å². The molecule has 1 atom stereocenters. The molecule has 2 amide bonds. The summed E-state index contributed by atoms with van der Waals surface area (Å²) in [7, 11) is 0. The Balaban J connectivity index is 1.87. The van der Waals surface area contributed by atoms with Crippen LogP contribution in [-0.4, -0.2) is 23.6 Å². The number of fused-ring (bicyclic) bond motifs is 1. The number of nitrogens with zero attached hydrogens (tertiary/aromatic N) is 1. The van der Waals surface area contributed by atoms with E-state index in [4.69, 9.17) is 0 Å². The number of rotatable bonds is 3. The largest absolute Gasteiger partial charge is 0.324 e. The lowest BCUT2D eigenvalue weighted by Gasteiger charge is -2.28. The highest BCUT2D eigenvalue weighted by Crippen LogP contribution is 2.34. The maximum absolute atomic E-state index is 13.2. The van der Waals surface area contributed by atoms with Crippen LogP contribution in [0, 0.1) is 27.7 Å². The molecule has 0 radical (unpaired) electrons. The number of thioether (sulfide) groups is 1. The fourth-order valence-electron chi connectivity index (χ4n) is 3.57. The molecular weight excluding hydrogens is 356 g/mol. The predicted octanol–water partition coefficient (Wildman–Crippen LogP) is 4.78. The molecule has 1 aliphatic rings. The second kappa shape index (κ2) is 7.77. The Morgan fingerprint density at radius 3 is 2.44 bits per heavy atom. The molecule has 2 aromatic rings. The Morgan fingerprint density at radius 2 is 1.78 bits per heavy atom. The average Bonchev–Trinajstić information content (AvgIpc) is 2.74. The van der Waals surface area contributed by atoms with Crippen LogP contribution < -0.4 is 10.2 Å². The van der Waals surface area contributed by atoms with Gasteiger partial charge in [0.2, 0.25) is 11.8 Å². The molecule has 0 bridgehead atoms. The van der Waals surface area contributed by atoms with E-state index in [1.165, 1.54) is 27.1 Å². The second-order valence-corrected chi connectivity index (χ2v) is 8.25. The van der Waals surface area contributed by atoms with Gasteiger partial charge in [0.15, 0.2) is 0 Å². The van der Waals surface area contributed by atoms with Crippen molar-refractivity contribution in [3.8, 4) is 0 Å². The topological polar surface area (TPSA) is 49.4 Å². The summed E-state index contributed by atoms with van der Waals surface area (Å²) in [6.45, 7) is 10.4. The zero-order valence-electron chi connectivity index (χ0n) is 16.6. The summed E-state index contributed by atoms with van der Waals surface area (Å²) >= 11 is 1.59. The molecular formula is C22H26N2O2S. The maximum atomic E-state index is 13.2. The van der Waals surface area contributed by atoms with E-state index in [-0.39, 0.29) is 17.9 Å². The first-order valence-corrected chi connectivity index (χ1v) is 10.2. The molecule has 2 aromatic carbocycles. The molecule has 0 saturated carbocycles. The number of carbonyl (C=O) groups excluding carboxylic acids is 2. The van der Waals surface area contributed by atoms with Crippen LogP contribution in [0.25, 0.3) is 0 Å². The van der Waals surface area contributed by atoms with E-state index in [0.717, 1.165) is 5.69 Å². The van der Waals surface area contributed by atoms with Gasteiger partial charge in [-0.3, -0.25) is 9.59 Å². The average molecular weight is 383 g/mol. The number of carbonyl (C=O) groups is 2. The molecule has 0 spiro atoms. The van der Waals surface area contributed by atoms with E-state index < -0.39 is 0 Å². The SMILES string of the molecule is Cc1cc(C)c(C)c(SCC(=O)N2c3ccccc3NC(=O)C[C@H]2C)c1C. The van der Waals surface area contributed by atoms with Crippen molar-refractivity contribution in [2.24, 2.45) is 0 Å². The summed E-state index contributed by atoms with van der Waals surface area (Å²) in [4.78, 5) is 28.2. The fourth-order valence-corrected chi connectivity index (χ4v) is 4.73. The monoisotopic (exact) mass is 382 g/mol. The summed E-state index contributed by atoms with van der Waals surface area (Å²) in [6.07, 6.45) is 0.298. The van der Waals surface area contributed by atoms with Crippen molar-refractivity contribution < 1.29 is 9.59 Å². The minimum Gasteiger partial charge on any atom is -0.324 e. The van der Waals surface area contributed by atoms with Crippen molar-refractivity contribution in [1.82, 2.24) is 0 Å². The van der Waals surface area contributed by atoms with Gasteiger partial charge in [-0.1, -0.05) is 18.2 Å². The fraction of sp³-hybridized carbons (Fsp3) is 0.364. The maximum Gasteiger partial charge on any atom is 0.237 e. The zero-order chi connectivity index (χ0) is 19.7. The lowest BCUT2D eigenvalue weighted by atomic mass is 10.0. The molecule has 5 heteroatoms. The molecule has 1 N–H and O–H groups in total. The van der Waals surface area contributed by atoms with E-state index in [2.05, 4.69) is 39.1 Å². The van der Waals surface area contributed by atoms with E-state index >= 15 is 0 Å². The zero-order valence-corrected chi connectivity index (χ0v) is 17.4. The molecule has 1 heterocycles. The highest BCUT2D eigenvalue weighted by Gasteiger charge is 2.29. The van der Waals surface area contributed by atoms with E-state index in [9.17, 15) is 9.59 Å². The number of hydrogen-bond acceptors (Lipinski definition) is 3. The Morgan fingerprint density at radius 1 is 1.15 bits per heavy atom. The predicted molar refractivity (Wildman–Crippen MR) is 113 cm³/mol. The summed E-state index contributed by atoms with van der Waals surface area (Å²) in [5.41, 5.74) is 6.43. The van der Waals surface area contributed by atoms with Crippen LogP contribution in [0.5, 0.6) is 0 Å². The Bertz CT molecular complexity index is 881. The summed E-state index contributed by atoms with van der Waals surface area (Å²) in [6, 6.07) is 9.53. The first-order valence-electron chi connectivity index (χ1n) is 9.20. The number of benzene rings is 2. The van der Waals surface area contributed by atoms with Gasteiger partial charge in [-0.05, 0) is 69.0 Å². The van der Waals surface area contributed by atoms with Crippen LogP contribution in [0.2, 0.25) is 0 Å². The highest BCUT2D eigenvalue weighted by atomic mass is 32.2. The van der Waals surface area contributed by atoms with Gasteiger partial charge in [0, 0.05) is 17.4 Å². The Labute approximate surface area is 165 Å². The van der Waals surface area contributed by atoms with E-state index in [1.54, 1.807) is 16.7 Å². The number of aryl methyl sites for hydroxylation is 2. The van der Waals surface area contributed by atoms with Crippen molar-refractivity contribution in [2.75, 3.05) is 16.0 Å². The van der Waals surface area contributed by atoms with Crippen LogP contribution in [0.1, 0.15) is 35.6 Å². The van der Waals surface area contributed by atoms with Gasteiger partial charge in [-0.2, -0.15) is 0 Å². The first-order chi connectivity index (χ1) is 12.8. The van der Waals surface area contributed by atoms with E-state index in [1.807, 2.05) is 31.2 Å².